The minimum Gasteiger partial charge on any atom is -0.385 e. The van der Waals surface area contributed by atoms with Crippen molar-refractivity contribution in [3.63, 3.8) is 0 Å². The molecule has 0 spiro atoms. The van der Waals surface area contributed by atoms with Gasteiger partial charge in [0.1, 0.15) is 5.82 Å². The SMILES string of the molecule is COCCC(N)c1ncc(-c2ccccn2)[nH]1. The summed E-state index contributed by atoms with van der Waals surface area (Å²) in [6, 6.07) is 5.61. The lowest BCUT2D eigenvalue weighted by Gasteiger charge is -2.07. The molecular formula is C12H16N4O. The smallest absolute Gasteiger partial charge is 0.123 e. The van der Waals surface area contributed by atoms with Gasteiger partial charge in [0.15, 0.2) is 0 Å². The molecular weight excluding hydrogens is 216 g/mol. The Morgan fingerprint density at radius 3 is 3.00 bits per heavy atom. The van der Waals surface area contributed by atoms with E-state index >= 15 is 0 Å². The second-order valence-electron chi connectivity index (χ2n) is 3.79. The third kappa shape index (κ3) is 2.89. The lowest BCUT2D eigenvalue weighted by molar-refractivity contribution is 0.187. The molecule has 5 nitrogen and oxygen atoms in total. The zero-order valence-corrected chi connectivity index (χ0v) is 9.76. The number of methoxy groups -OCH3 is 1. The molecule has 0 fully saturated rings. The fourth-order valence-corrected chi connectivity index (χ4v) is 1.56. The zero-order valence-electron chi connectivity index (χ0n) is 9.76. The van der Waals surface area contributed by atoms with Gasteiger partial charge in [0.2, 0.25) is 0 Å². The lowest BCUT2D eigenvalue weighted by atomic mass is 10.2. The molecule has 0 bridgehead atoms. The van der Waals surface area contributed by atoms with Crippen molar-refractivity contribution in [3.8, 4) is 11.4 Å². The lowest BCUT2D eigenvalue weighted by Crippen LogP contribution is -2.14. The standard InChI is InChI=1S/C12H16N4O/c1-17-7-5-9(13)12-15-8-11(16-12)10-4-2-3-6-14-10/h2-4,6,8-9H,5,7,13H2,1H3,(H,15,16). The summed E-state index contributed by atoms with van der Waals surface area (Å²) in [7, 11) is 1.66. The van der Waals surface area contributed by atoms with Crippen LogP contribution in [0.2, 0.25) is 0 Å². The van der Waals surface area contributed by atoms with Crippen LogP contribution in [0.25, 0.3) is 11.4 Å². The van der Waals surface area contributed by atoms with Crippen LogP contribution in [0, 0.1) is 0 Å². The molecule has 0 aliphatic rings. The Bertz CT molecular complexity index is 455. The third-order valence-electron chi connectivity index (χ3n) is 2.52. The van der Waals surface area contributed by atoms with Crippen LogP contribution in [0.5, 0.6) is 0 Å². The first kappa shape index (κ1) is 11.8. The summed E-state index contributed by atoms with van der Waals surface area (Å²) >= 11 is 0. The van der Waals surface area contributed by atoms with Crippen molar-refractivity contribution in [2.45, 2.75) is 12.5 Å². The monoisotopic (exact) mass is 232 g/mol. The van der Waals surface area contributed by atoms with E-state index in [-0.39, 0.29) is 6.04 Å². The van der Waals surface area contributed by atoms with Gasteiger partial charge in [0.05, 0.1) is 23.6 Å². The Hall–Kier alpha value is -1.72. The predicted octanol–water partition coefficient (Wildman–Crippen LogP) is 1.51. The van der Waals surface area contributed by atoms with Crippen molar-refractivity contribution >= 4 is 0 Å². The average Bonchev–Trinajstić information content (AvgIpc) is 2.86. The largest absolute Gasteiger partial charge is 0.385 e. The molecule has 2 rings (SSSR count). The van der Waals surface area contributed by atoms with E-state index in [1.807, 2.05) is 18.2 Å². The quantitative estimate of drug-likeness (QED) is 0.819. The molecule has 17 heavy (non-hydrogen) atoms. The Labute approximate surface area is 100 Å². The van der Waals surface area contributed by atoms with Crippen LogP contribution >= 0.6 is 0 Å². The molecule has 0 amide bonds. The Balaban J connectivity index is 2.11. The number of H-pyrrole nitrogens is 1. The number of aromatic nitrogens is 3. The first-order chi connectivity index (χ1) is 8.31. The summed E-state index contributed by atoms with van der Waals surface area (Å²) < 4.78 is 4.99. The maximum Gasteiger partial charge on any atom is 0.123 e. The summed E-state index contributed by atoms with van der Waals surface area (Å²) in [6.07, 6.45) is 4.25. The van der Waals surface area contributed by atoms with Crippen LogP contribution in [0.15, 0.2) is 30.6 Å². The van der Waals surface area contributed by atoms with Gasteiger partial charge in [-0.3, -0.25) is 4.98 Å². The zero-order chi connectivity index (χ0) is 12.1. The highest BCUT2D eigenvalue weighted by Crippen LogP contribution is 2.17. The molecule has 2 heterocycles. The molecule has 0 saturated carbocycles. The second-order valence-corrected chi connectivity index (χ2v) is 3.79. The molecule has 0 aliphatic heterocycles. The predicted molar refractivity (Wildman–Crippen MR) is 65.2 cm³/mol. The molecule has 0 aromatic carbocycles. The van der Waals surface area contributed by atoms with Gasteiger partial charge in [-0.05, 0) is 18.6 Å². The normalized spacial score (nSPS) is 12.6. The van der Waals surface area contributed by atoms with Gasteiger partial charge in [-0.2, -0.15) is 0 Å². The fraction of sp³-hybridized carbons (Fsp3) is 0.333. The van der Waals surface area contributed by atoms with Gasteiger partial charge in [-0.15, -0.1) is 0 Å². The molecule has 90 valence electrons. The van der Waals surface area contributed by atoms with E-state index in [4.69, 9.17) is 10.5 Å². The Kier molecular flexibility index (Phi) is 3.85. The second kappa shape index (κ2) is 5.56. The van der Waals surface area contributed by atoms with Crippen LogP contribution in [-0.4, -0.2) is 28.7 Å². The van der Waals surface area contributed by atoms with E-state index in [1.54, 1.807) is 19.5 Å². The van der Waals surface area contributed by atoms with Crippen LogP contribution < -0.4 is 5.73 Å². The van der Waals surface area contributed by atoms with E-state index in [0.717, 1.165) is 23.6 Å². The fourth-order valence-electron chi connectivity index (χ4n) is 1.56. The van der Waals surface area contributed by atoms with Crippen LogP contribution in [-0.2, 0) is 4.74 Å². The third-order valence-corrected chi connectivity index (χ3v) is 2.52. The number of hydrogen-bond acceptors (Lipinski definition) is 4. The van der Waals surface area contributed by atoms with E-state index < -0.39 is 0 Å². The highest BCUT2D eigenvalue weighted by atomic mass is 16.5. The maximum absolute atomic E-state index is 5.98. The number of pyridine rings is 1. The highest BCUT2D eigenvalue weighted by molar-refractivity contribution is 5.52. The van der Waals surface area contributed by atoms with Crippen LogP contribution in [0.4, 0.5) is 0 Å². The first-order valence-corrected chi connectivity index (χ1v) is 5.52. The molecule has 1 atom stereocenters. The summed E-state index contributed by atoms with van der Waals surface area (Å²) in [5.41, 5.74) is 7.73. The van der Waals surface area contributed by atoms with Crippen molar-refractivity contribution in [2.24, 2.45) is 5.73 Å². The Morgan fingerprint density at radius 2 is 2.29 bits per heavy atom. The van der Waals surface area contributed by atoms with Crippen molar-refractivity contribution in [2.75, 3.05) is 13.7 Å². The molecule has 3 N–H and O–H groups in total. The van der Waals surface area contributed by atoms with Crippen molar-refractivity contribution < 1.29 is 4.74 Å². The minimum absolute atomic E-state index is 0.132. The van der Waals surface area contributed by atoms with Gasteiger partial charge < -0.3 is 15.5 Å². The number of ether oxygens (including phenoxy) is 1. The maximum atomic E-state index is 5.98. The van der Waals surface area contributed by atoms with Gasteiger partial charge in [-0.25, -0.2) is 4.98 Å². The first-order valence-electron chi connectivity index (χ1n) is 5.52. The number of nitrogens with two attached hydrogens (primary N) is 1. The van der Waals surface area contributed by atoms with Gasteiger partial charge in [-0.1, -0.05) is 6.07 Å². The summed E-state index contributed by atoms with van der Waals surface area (Å²) in [4.78, 5) is 11.7. The van der Waals surface area contributed by atoms with Crippen molar-refractivity contribution in [3.05, 3.63) is 36.4 Å². The minimum atomic E-state index is -0.132. The molecule has 0 radical (unpaired) electrons. The molecule has 1 unspecified atom stereocenters. The summed E-state index contributed by atoms with van der Waals surface area (Å²) in [5, 5.41) is 0. The number of imidazole rings is 1. The van der Waals surface area contributed by atoms with Gasteiger partial charge in [0, 0.05) is 19.9 Å². The van der Waals surface area contributed by atoms with E-state index in [1.165, 1.54) is 0 Å². The van der Waals surface area contributed by atoms with E-state index in [9.17, 15) is 0 Å². The Morgan fingerprint density at radius 1 is 1.41 bits per heavy atom. The number of hydrogen-bond donors (Lipinski definition) is 2. The van der Waals surface area contributed by atoms with Crippen molar-refractivity contribution in [1.82, 2.24) is 15.0 Å². The molecule has 2 aromatic heterocycles. The van der Waals surface area contributed by atoms with Gasteiger partial charge >= 0.3 is 0 Å². The highest BCUT2D eigenvalue weighted by Gasteiger charge is 2.10. The topological polar surface area (TPSA) is 76.8 Å². The molecule has 5 heteroatoms. The molecule has 0 saturated heterocycles. The molecule has 0 aliphatic carbocycles. The average molecular weight is 232 g/mol. The van der Waals surface area contributed by atoms with E-state index in [0.29, 0.717) is 6.61 Å². The number of nitrogens with zero attached hydrogens (tertiary/aromatic N) is 2. The number of nitrogens with one attached hydrogen (secondary N) is 1. The number of aromatic amines is 1. The van der Waals surface area contributed by atoms with E-state index in [2.05, 4.69) is 15.0 Å². The number of rotatable bonds is 5. The molecule has 2 aromatic rings. The van der Waals surface area contributed by atoms with Gasteiger partial charge in [0.25, 0.3) is 0 Å². The van der Waals surface area contributed by atoms with Crippen LogP contribution in [0.3, 0.4) is 0 Å². The summed E-state index contributed by atoms with van der Waals surface area (Å²) in [5.74, 6) is 0.766. The van der Waals surface area contributed by atoms with Crippen LogP contribution in [0.1, 0.15) is 18.3 Å². The van der Waals surface area contributed by atoms with Crippen molar-refractivity contribution in [1.29, 1.82) is 0 Å². The summed E-state index contributed by atoms with van der Waals surface area (Å²) in [6.45, 7) is 0.626.